The van der Waals surface area contributed by atoms with Gasteiger partial charge in [-0.3, -0.25) is 9.59 Å². The number of rotatable bonds is 3. The maximum atomic E-state index is 12.2. The molecule has 1 aliphatic rings. The van der Waals surface area contributed by atoms with Crippen molar-refractivity contribution in [1.82, 2.24) is 10.2 Å². The molecular formula is C12H14N4O3. The highest BCUT2D eigenvalue weighted by molar-refractivity contribution is 6.15. The monoisotopic (exact) mass is 262 g/mol. The molecule has 1 unspecified atom stereocenters. The molecule has 0 saturated heterocycles. The van der Waals surface area contributed by atoms with Crippen LogP contribution in [0.3, 0.4) is 0 Å². The highest BCUT2D eigenvalue weighted by Gasteiger charge is 2.36. The summed E-state index contributed by atoms with van der Waals surface area (Å²) in [5.41, 5.74) is 1.32. The maximum absolute atomic E-state index is 12.2. The van der Waals surface area contributed by atoms with Gasteiger partial charge >= 0.3 is 5.97 Å². The molecule has 19 heavy (non-hydrogen) atoms. The van der Waals surface area contributed by atoms with Gasteiger partial charge in [-0.1, -0.05) is 0 Å². The highest BCUT2D eigenvalue weighted by atomic mass is 16.5. The number of aryl methyl sites for hydroxylation is 1. The topological polar surface area (TPSA) is 84.8 Å². The van der Waals surface area contributed by atoms with E-state index in [1.54, 1.807) is 26.0 Å². The summed E-state index contributed by atoms with van der Waals surface area (Å²) >= 11 is 0. The van der Waals surface area contributed by atoms with Gasteiger partial charge < -0.3 is 4.74 Å². The van der Waals surface area contributed by atoms with Crippen LogP contribution < -0.4 is 5.01 Å². The minimum absolute atomic E-state index is 0.0134. The van der Waals surface area contributed by atoms with Gasteiger partial charge in [-0.05, 0) is 26.0 Å². The van der Waals surface area contributed by atoms with E-state index in [0.29, 0.717) is 11.5 Å². The average Bonchev–Trinajstić information content (AvgIpc) is 2.67. The number of hydrogen-bond acceptors (Lipinski definition) is 6. The van der Waals surface area contributed by atoms with Crippen LogP contribution in [0.2, 0.25) is 0 Å². The molecule has 0 spiro atoms. The number of nitrogens with zero attached hydrogens (tertiary/aromatic N) is 4. The Kier molecular flexibility index (Phi) is 3.55. The van der Waals surface area contributed by atoms with Crippen molar-refractivity contribution in [3.8, 4) is 0 Å². The Morgan fingerprint density at radius 3 is 2.68 bits per heavy atom. The summed E-state index contributed by atoms with van der Waals surface area (Å²) in [5.74, 6) is -0.969. The lowest BCUT2D eigenvalue weighted by Crippen LogP contribution is -2.29. The number of methoxy groups -OCH3 is 1. The summed E-state index contributed by atoms with van der Waals surface area (Å²) in [6.45, 7) is 3.50. The van der Waals surface area contributed by atoms with Crippen LogP contribution in [-0.4, -0.2) is 34.9 Å². The fourth-order valence-electron chi connectivity index (χ4n) is 1.76. The van der Waals surface area contributed by atoms with Gasteiger partial charge in [0.1, 0.15) is 0 Å². The highest BCUT2D eigenvalue weighted by Crippen LogP contribution is 2.24. The van der Waals surface area contributed by atoms with Gasteiger partial charge in [-0.15, -0.1) is 5.10 Å². The van der Waals surface area contributed by atoms with Crippen molar-refractivity contribution in [3.05, 3.63) is 17.8 Å². The molecule has 0 saturated carbocycles. The van der Waals surface area contributed by atoms with E-state index in [1.807, 2.05) is 0 Å². The fourth-order valence-corrected chi connectivity index (χ4v) is 1.76. The first kappa shape index (κ1) is 13.1. The molecule has 2 rings (SSSR count). The van der Waals surface area contributed by atoms with Crippen LogP contribution in [0.25, 0.3) is 0 Å². The number of hydrogen-bond donors (Lipinski definition) is 0. The number of carbonyl (C=O) groups excluding carboxylic acids is 2. The summed E-state index contributed by atoms with van der Waals surface area (Å²) in [7, 11) is 1.29. The molecule has 0 radical (unpaired) electrons. The molecule has 1 aromatic rings. The Bertz CT molecular complexity index is 538. The van der Waals surface area contributed by atoms with Gasteiger partial charge in [0.25, 0.3) is 5.91 Å². The lowest BCUT2D eigenvalue weighted by molar-refractivity contribution is -0.142. The molecule has 1 aliphatic heterocycles. The summed E-state index contributed by atoms with van der Waals surface area (Å²) in [6, 6.07) is 3.41. The zero-order valence-electron chi connectivity index (χ0n) is 11.0. The van der Waals surface area contributed by atoms with Gasteiger partial charge in [0, 0.05) is 5.71 Å². The fraction of sp³-hybridized carbons (Fsp3) is 0.417. The average molecular weight is 262 g/mol. The van der Waals surface area contributed by atoms with Gasteiger partial charge in [-0.25, -0.2) is 0 Å². The predicted molar refractivity (Wildman–Crippen MR) is 67.5 cm³/mol. The molecule has 100 valence electrons. The smallest absolute Gasteiger partial charge is 0.306 e. The lowest BCUT2D eigenvalue weighted by Gasteiger charge is -2.12. The van der Waals surface area contributed by atoms with Crippen LogP contribution in [0, 0.1) is 12.8 Å². The zero-order valence-corrected chi connectivity index (χ0v) is 11.0. The second kappa shape index (κ2) is 5.13. The number of carbonyl (C=O) groups is 2. The van der Waals surface area contributed by atoms with Crippen LogP contribution in [0.4, 0.5) is 5.82 Å². The quantitative estimate of drug-likeness (QED) is 0.748. The van der Waals surface area contributed by atoms with Crippen molar-refractivity contribution in [1.29, 1.82) is 0 Å². The number of esters is 1. The van der Waals surface area contributed by atoms with Gasteiger partial charge in [0.2, 0.25) is 0 Å². The van der Waals surface area contributed by atoms with E-state index in [9.17, 15) is 9.59 Å². The Morgan fingerprint density at radius 1 is 1.37 bits per heavy atom. The minimum Gasteiger partial charge on any atom is -0.469 e. The molecule has 1 aromatic heterocycles. The summed E-state index contributed by atoms with van der Waals surface area (Å²) in [5, 5.41) is 13.1. The van der Waals surface area contributed by atoms with Crippen molar-refractivity contribution in [2.45, 2.75) is 20.3 Å². The third-order valence-electron chi connectivity index (χ3n) is 2.87. The Hall–Kier alpha value is -2.31. The third kappa shape index (κ3) is 2.59. The van der Waals surface area contributed by atoms with E-state index < -0.39 is 11.9 Å². The van der Waals surface area contributed by atoms with E-state index >= 15 is 0 Å². The van der Waals surface area contributed by atoms with E-state index in [4.69, 9.17) is 0 Å². The van der Waals surface area contributed by atoms with Crippen LogP contribution in [0.15, 0.2) is 17.2 Å². The van der Waals surface area contributed by atoms with E-state index in [0.717, 1.165) is 5.69 Å². The minimum atomic E-state index is -0.587. The standard InChI is InChI=1S/C12H14N4O3/c1-7-4-5-10(14-13-7)16-12(18)9(8(2)15-16)6-11(17)19-3/h4-5,9H,6H2,1-3H3. The van der Waals surface area contributed by atoms with Crippen molar-refractivity contribution in [2.24, 2.45) is 11.0 Å². The zero-order chi connectivity index (χ0) is 14.0. The van der Waals surface area contributed by atoms with Crippen LogP contribution in [0.1, 0.15) is 19.0 Å². The van der Waals surface area contributed by atoms with Crippen molar-refractivity contribution in [3.63, 3.8) is 0 Å². The van der Waals surface area contributed by atoms with Gasteiger partial charge in [-0.2, -0.15) is 15.2 Å². The Balaban J connectivity index is 2.20. The van der Waals surface area contributed by atoms with Gasteiger partial charge in [0.05, 0.1) is 25.1 Å². The van der Waals surface area contributed by atoms with E-state index in [2.05, 4.69) is 20.0 Å². The molecule has 1 amide bonds. The largest absolute Gasteiger partial charge is 0.469 e. The molecule has 0 fully saturated rings. The van der Waals surface area contributed by atoms with Gasteiger partial charge in [0.15, 0.2) is 5.82 Å². The Morgan fingerprint density at radius 2 is 2.11 bits per heavy atom. The number of aromatic nitrogens is 2. The predicted octanol–water partition coefficient (Wildman–Crippen LogP) is 0.687. The van der Waals surface area contributed by atoms with E-state index in [-0.39, 0.29) is 12.3 Å². The number of hydrazone groups is 1. The first-order valence-corrected chi connectivity index (χ1v) is 5.79. The van der Waals surface area contributed by atoms with Crippen LogP contribution in [0.5, 0.6) is 0 Å². The SMILES string of the molecule is COC(=O)CC1C(=O)N(c2ccc(C)nn2)N=C1C. The summed E-state index contributed by atoms with van der Waals surface area (Å²) in [4.78, 5) is 23.5. The van der Waals surface area contributed by atoms with Crippen LogP contribution >= 0.6 is 0 Å². The lowest BCUT2D eigenvalue weighted by atomic mass is 10.0. The summed E-state index contributed by atoms with van der Waals surface area (Å²) < 4.78 is 4.57. The molecule has 7 heteroatoms. The number of amides is 1. The third-order valence-corrected chi connectivity index (χ3v) is 2.87. The van der Waals surface area contributed by atoms with Crippen molar-refractivity contribution >= 4 is 23.4 Å². The summed E-state index contributed by atoms with van der Waals surface area (Å²) in [6.07, 6.45) is -0.0134. The molecule has 0 aliphatic carbocycles. The molecule has 0 bridgehead atoms. The van der Waals surface area contributed by atoms with Crippen LogP contribution in [-0.2, 0) is 14.3 Å². The first-order chi connectivity index (χ1) is 9.02. The number of ether oxygens (including phenoxy) is 1. The second-order valence-corrected chi connectivity index (χ2v) is 4.26. The molecule has 1 atom stereocenters. The molecule has 0 N–H and O–H groups in total. The van der Waals surface area contributed by atoms with Crippen molar-refractivity contribution < 1.29 is 14.3 Å². The molecular weight excluding hydrogens is 248 g/mol. The normalized spacial score (nSPS) is 18.5. The van der Waals surface area contributed by atoms with E-state index in [1.165, 1.54) is 12.1 Å². The molecule has 7 nitrogen and oxygen atoms in total. The Labute approximate surface area is 110 Å². The second-order valence-electron chi connectivity index (χ2n) is 4.26. The molecule has 0 aromatic carbocycles. The van der Waals surface area contributed by atoms with Crippen molar-refractivity contribution in [2.75, 3.05) is 12.1 Å². The molecule has 2 heterocycles. The first-order valence-electron chi connectivity index (χ1n) is 5.79. The maximum Gasteiger partial charge on any atom is 0.306 e. The number of anilines is 1.